The summed E-state index contributed by atoms with van der Waals surface area (Å²) in [6.45, 7) is 2.89. The van der Waals surface area contributed by atoms with Crippen LogP contribution in [0, 0.1) is 17.3 Å². The van der Waals surface area contributed by atoms with Gasteiger partial charge < -0.3 is 9.47 Å². The molecule has 4 rings (SSSR count). The number of alkyl halides is 3. The van der Waals surface area contributed by atoms with Crippen molar-refractivity contribution in [3.05, 3.63) is 59.0 Å². The van der Waals surface area contributed by atoms with Crippen molar-refractivity contribution in [2.45, 2.75) is 58.2 Å². The molecule has 1 spiro atoms. The third-order valence-corrected chi connectivity index (χ3v) is 7.51. The molecule has 178 valence electrons. The Morgan fingerprint density at radius 2 is 1.82 bits per heavy atom. The maximum Gasteiger partial charge on any atom is 0.389 e. The molecule has 0 N–H and O–H groups in total. The first-order chi connectivity index (χ1) is 15.7. The fraction of sp³-hybridized carbons (Fsp3) is 0.538. The first-order valence-electron chi connectivity index (χ1n) is 11.8. The largest absolute Gasteiger partial charge is 0.389 e. The molecule has 1 aromatic carbocycles. The number of carbonyl (C=O) groups is 1. The Morgan fingerprint density at radius 1 is 1.12 bits per heavy atom. The van der Waals surface area contributed by atoms with Gasteiger partial charge in [-0.05, 0) is 47.8 Å². The lowest BCUT2D eigenvalue weighted by molar-refractivity contribution is -0.161. The summed E-state index contributed by atoms with van der Waals surface area (Å²) in [6, 6.07) is 13.4. The monoisotopic (exact) mass is 460 g/mol. The van der Waals surface area contributed by atoms with Crippen molar-refractivity contribution >= 4 is 5.91 Å². The number of likely N-dealkylation sites (tertiary alicyclic amines) is 1. The predicted molar refractivity (Wildman–Crippen MR) is 122 cm³/mol. The van der Waals surface area contributed by atoms with Gasteiger partial charge in [0.1, 0.15) is 0 Å². The molecule has 2 aliphatic rings. The lowest BCUT2D eigenvalue weighted by atomic mass is 9.69. The minimum Gasteiger partial charge on any atom is -0.342 e. The van der Waals surface area contributed by atoms with Crippen molar-refractivity contribution in [2.24, 2.45) is 17.3 Å². The van der Waals surface area contributed by atoms with Gasteiger partial charge in [0, 0.05) is 37.8 Å². The van der Waals surface area contributed by atoms with Crippen LogP contribution in [0.3, 0.4) is 0 Å². The molecule has 1 amide bonds. The summed E-state index contributed by atoms with van der Waals surface area (Å²) in [6.07, 6.45) is 1.13. The first-order valence-corrected chi connectivity index (χ1v) is 11.8. The minimum absolute atomic E-state index is 0.0539. The smallest absolute Gasteiger partial charge is 0.342 e. The average Bonchev–Trinajstić information content (AvgIpc) is 3.24. The maximum atomic E-state index is 12.9. The van der Waals surface area contributed by atoms with E-state index in [1.807, 2.05) is 42.6 Å². The van der Waals surface area contributed by atoms with Gasteiger partial charge in [0.25, 0.3) is 5.56 Å². The molecule has 1 saturated carbocycles. The first kappa shape index (κ1) is 23.6. The van der Waals surface area contributed by atoms with Crippen molar-refractivity contribution in [1.29, 1.82) is 0 Å². The Labute approximate surface area is 192 Å². The summed E-state index contributed by atoms with van der Waals surface area (Å²) in [5.74, 6) is -1.24. The highest BCUT2D eigenvalue weighted by Gasteiger charge is 2.47. The molecule has 2 fully saturated rings. The number of pyridine rings is 1. The van der Waals surface area contributed by atoms with E-state index in [1.165, 1.54) is 6.92 Å². The van der Waals surface area contributed by atoms with Crippen LogP contribution in [0.5, 0.6) is 0 Å². The van der Waals surface area contributed by atoms with Crippen LogP contribution in [0.1, 0.15) is 45.4 Å². The van der Waals surface area contributed by atoms with Gasteiger partial charge in [-0.15, -0.1) is 0 Å². The molecule has 2 heterocycles. The van der Waals surface area contributed by atoms with Crippen LogP contribution in [0.4, 0.5) is 13.2 Å². The second kappa shape index (κ2) is 9.35. The van der Waals surface area contributed by atoms with Gasteiger partial charge in [0.05, 0.1) is 6.42 Å². The standard InChI is InChI=1S/C26H31F3N2O2/c1-19(16-26(27,28)29)24(33)31-14-10-22(25(18-31)11-5-6-12-25)17-30-13-9-21(15-23(30)32)20-7-3-2-4-8-20/h2-4,7-9,13,15,19,22H,5-6,10-12,14,16-18H2,1H3/t19-,22?/m1/s1. The van der Waals surface area contributed by atoms with E-state index >= 15 is 0 Å². The molecule has 7 heteroatoms. The fourth-order valence-corrected chi connectivity index (χ4v) is 5.78. The molecule has 2 atom stereocenters. The summed E-state index contributed by atoms with van der Waals surface area (Å²) in [7, 11) is 0. The number of amides is 1. The Hall–Kier alpha value is -2.57. The summed E-state index contributed by atoms with van der Waals surface area (Å²) in [5.41, 5.74) is 1.70. The van der Waals surface area contributed by atoms with Crippen LogP contribution < -0.4 is 5.56 Å². The molecule has 0 bridgehead atoms. The Balaban J connectivity index is 1.49. The Morgan fingerprint density at radius 3 is 2.45 bits per heavy atom. The number of aromatic nitrogens is 1. The molecule has 4 nitrogen and oxygen atoms in total. The summed E-state index contributed by atoms with van der Waals surface area (Å²) in [4.78, 5) is 27.3. The van der Waals surface area contributed by atoms with E-state index in [4.69, 9.17) is 0 Å². The number of piperidine rings is 1. The van der Waals surface area contributed by atoms with Gasteiger partial charge in [0.15, 0.2) is 0 Å². The van der Waals surface area contributed by atoms with Crippen LogP contribution >= 0.6 is 0 Å². The van der Waals surface area contributed by atoms with E-state index in [0.717, 1.165) is 36.8 Å². The topological polar surface area (TPSA) is 42.3 Å². The van der Waals surface area contributed by atoms with Gasteiger partial charge in [-0.2, -0.15) is 13.2 Å². The van der Waals surface area contributed by atoms with Crippen molar-refractivity contribution in [3.63, 3.8) is 0 Å². The van der Waals surface area contributed by atoms with Crippen molar-refractivity contribution in [2.75, 3.05) is 13.1 Å². The van der Waals surface area contributed by atoms with Crippen molar-refractivity contribution in [1.82, 2.24) is 9.47 Å². The van der Waals surface area contributed by atoms with E-state index in [9.17, 15) is 22.8 Å². The lowest BCUT2D eigenvalue weighted by Gasteiger charge is -2.47. The minimum atomic E-state index is -4.34. The summed E-state index contributed by atoms with van der Waals surface area (Å²) < 4.78 is 40.2. The Bertz CT molecular complexity index is 1030. The molecule has 1 aliphatic carbocycles. The SMILES string of the molecule is C[C@H](CC(F)(F)F)C(=O)N1CCC(Cn2ccc(-c3ccccc3)cc2=O)C2(CCCC2)C1. The summed E-state index contributed by atoms with van der Waals surface area (Å²) in [5, 5.41) is 0. The van der Waals surface area contributed by atoms with E-state index in [2.05, 4.69) is 0 Å². The van der Waals surface area contributed by atoms with E-state index in [-0.39, 0.29) is 16.9 Å². The molecule has 1 saturated heterocycles. The van der Waals surface area contributed by atoms with Gasteiger partial charge in [-0.3, -0.25) is 9.59 Å². The zero-order chi connectivity index (χ0) is 23.6. The van der Waals surface area contributed by atoms with Crippen LogP contribution in [-0.4, -0.2) is 34.6 Å². The van der Waals surface area contributed by atoms with Gasteiger partial charge >= 0.3 is 6.18 Å². The molecular weight excluding hydrogens is 429 g/mol. The van der Waals surface area contributed by atoms with Crippen LogP contribution in [-0.2, 0) is 11.3 Å². The van der Waals surface area contributed by atoms with Gasteiger partial charge in [-0.25, -0.2) is 0 Å². The molecule has 1 unspecified atom stereocenters. The predicted octanol–water partition coefficient (Wildman–Crippen LogP) is 5.51. The molecule has 33 heavy (non-hydrogen) atoms. The lowest BCUT2D eigenvalue weighted by Crippen LogP contribution is -2.52. The number of nitrogens with zero attached hydrogens (tertiary/aromatic N) is 2. The number of rotatable bonds is 5. The van der Waals surface area contributed by atoms with E-state index in [0.29, 0.717) is 26.1 Å². The molecule has 1 aliphatic heterocycles. The third kappa shape index (κ3) is 5.33. The zero-order valence-corrected chi connectivity index (χ0v) is 19.0. The van der Waals surface area contributed by atoms with Crippen LogP contribution in [0.2, 0.25) is 0 Å². The highest BCUT2D eigenvalue weighted by Crippen LogP contribution is 2.49. The highest BCUT2D eigenvalue weighted by atomic mass is 19.4. The third-order valence-electron chi connectivity index (χ3n) is 7.51. The second-order valence-corrected chi connectivity index (χ2v) is 9.81. The zero-order valence-electron chi connectivity index (χ0n) is 19.0. The quantitative estimate of drug-likeness (QED) is 0.590. The van der Waals surface area contributed by atoms with Gasteiger partial charge in [-0.1, -0.05) is 50.1 Å². The number of halogens is 3. The highest BCUT2D eigenvalue weighted by molar-refractivity contribution is 5.78. The van der Waals surface area contributed by atoms with Gasteiger partial charge in [0.2, 0.25) is 5.91 Å². The maximum absolute atomic E-state index is 12.9. The normalized spacial score (nSPS) is 21.3. The Kier molecular flexibility index (Phi) is 6.68. The fourth-order valence-electron chi connectivity index (χ4n) is 5.78. The van der Waals surface area contributed by atoms with Crippen LogP contribution in [0.15, 0.2) is 53.5 Å². The number of benzene rings is 1. The van der Waals surface area contributed by atoms with E-state index in [1.54, 1.807) is 15.5 Å². The second-order valence-electron chi connectivity index (χ2n) is 9.81. The number of hydrogen-bond donors (Lipinski definition) is 0. The average molecular weight is 461 g/mol. The summed E-state index contributed by atoms with van der Waals surface area (Å²) >= 11 is 0. The molecular formula is C26H31F3N2O2. The molecule has 2 aromatic rings. The number of carbonyl (C=O) groups excluding carboxylic acids is 1. The van der Waals surface area contributed by atoms with Crippen molar-refractivity contribution < 1.29 is 18.0 Å². The molecule has 1 aromatic heterocycles. The van der Waals surface area contributed by atoms with Crippen LogP contribution in [0.25, 0.3) is 11.1 Å². The van der Waals surface area contributed by atoms with E-state index < -0.39 is 24.4 Å². The number of hydrogen-bond acceptors (Lipinski definition) is 2. The molecule has 0 radical (unpaired) electrons. The van der Waals surface area contributed by atoms with Crippen molar-refractivity contribution in [3.8, 4) is 11.1 Å².